The highest BCUT2D eigenvalue weighted by atomic mass is 16.5. The monoisotopic (exact) mass is 355 g/mol. The lowest BCUT2D eigenvalue weighted by atomic mass is 10.0. The Morgan fingerprint density at radius 1 is 1.08 bits per heavy atom. The zero-order valence-electron chi connectivity index (χ0n) is 15.4. The van der Waals surface area contributed by atoms with Gasteiger partial charge < -0.3 is 19.9 Å². The number of aliphatic hydroxyl groups excluding tert-OH is 1. The number of carbonyl (C=O) groups is 1. The summed E-state index contributed by atoms with van der Waals surface area (Å²) >= 11 is 0. The van der Waals surface area contributed by atoms with E-state index in [1.54, 1.807) is 14.2 Å². The van der Waals surface area contributed by atoms with E-state index in [0.29, 0.717) is 23.6 Å². The zero-order valence-corrected chi connectivity index (χ0v) is 15.4. The Balaban J connectivity index is 1.87. The molecule has 2 aromatic carbocycles. The average molecular weight is 355 g/mol. The maximum Gasteiger partial charge on any atom is 0.255 e. The summed E-state index contributed by atoms with van der Waals surface area (Å²) in [5.74, 6) is 1.10. The van der Waals surface area contributed by atoms with Crippen molar-refractivity contribution in [2.24, 2.45) is 0 Å². The molecule has 1 amide bonds. The Bertz CT molecular complexity index is 766. The van der Waals surface area contributed by atoms with Gasteiger partial charge in [-0.25, -0.2) is 0 Å². The summed E-state index contributed by atoms with van der Waals surface area (Å²) in [6.07, 6.45) is 2.42. The Kier molecular flexibility index (Phi) is 7.09. The highest BCUT2D eigenvalue weighted by molar-refractivity contribution is 6.19. The van der Waals surface area contributed by atoms with Crippen molar-refractivity contribution in [2.75, 3.05) is 20.8 Å². The second-order valence-corrected chi connectivity index (χ2v) is 5.96. The normalized spacial score (nSPS) is 11.1. The topological polar surface area (TPSA) is 67.8 Å². The fourth-order valence-corrected chi connectivity index (χ4v) is 2.62. The third-order valence-electron chi connectivity index (χ3n) is 4.11. The van der Waals surface area contributed by atoms with Crippen LogP contribution in [0.4, 0.5) is 0 Å². The summed E-state index contributed by atoms with van der Waals surface area (Å²) in [5.41, 5.74) is 3.15. The molecule has 0 fully saturated rings. The molecule has 138 valence electrons. The van der Waals surface area contributed by atoms with E-state index in [2.05, 4.69) is 5.32 Å². The van der Waals surface area contributed by atoms with Gasteiger partial charge in [0.05, 0.1) is 26.1 Å². The standard InChI is InChI=1S/C21H25NO4/c1-15-6-9-17(10-7-15)18(14-23)21(24)22-12-4-5-16-8-11-19(25-2)20(13-16)26-3/h6-11,13-14,23H,4-5,12H2,1-3H3,(H,22,24)/b18-14-. The Morgan fingerprint density at radius 2 is 1.77 bits per heavy atom. The van der Waals surface area contributed by atoms with Gasteiger partial charge >= 0.3 is 0 Å². The molecular formula is C21H25NO4. The van der Waals surface area contributed by atoms with Crippen molar-refractivity contribution in [2.45, 2.75) is 19.8 Å². The number of aliphatic hydroxyl groups is 1. The summed E-state index contributed by atoms with van der Waals surface area (Å²) in [6, 6.07) is 13.2. The SMILES string of the molecule is COc1ccc(CCCNC(=O)/C(=C\O)c2ccc(C)cc2)cc1OC. The van der Waals surface area contributed by atoms with Crippen LogP contribution in [0.15, 0.2) is 48.7 Å². The number of nitrogens with one attached hydrogen (secondary N) is 1. The van der Waals surface area contributed by atoms with E-state index in [0.717, 1.165) is 30.2 Å². The minimum atomic E-state index is -0.288. The fraction of sp³-hybridized carbons (Fsp3) is 0.286. The molecule has 0 aliphatic heterocycles. The second kappa shape index (κ2) is 9.51. The van der Waals surface area contributed by atoms with Crippen LogP contribution in [0.1, 0.15) is 23.1 Å². The smallest absolute Gasteiger partial charge is 0.255 e. The summed E-state index contributed by atoms with van der Waals surface area (Å²) in [6.45, 7) is 2.48. The first-order valence-electron chi connectivity index (χ1n) is 8.49. The van der Waals surface area contributed by atoms with Gasteiger partial charge in [-0.1, -0.05) is 35.9 Å². The summed E-state index contributed by atoms with van der Waals surface area (Å²) in [7, 11) is 3.21. The van der Waals surface area contributed by atoms with Crippen LogP contribution in [0.5, 0.6) is 11.5 Å². The van der Waals surface area contributed by atoms with Crippen molar-refractivity contribution >= 4 is 11.5 Å². The lowest BCUT2D eigenvalue weighted by Crippen LogP contribution is -2.25. The van der Waals surface area contributed by atoms with E-state index in [1.807, 2.05) is 49.4 Å². The van der Waals surface area contributed by atoms with E-state index in [1.165, 1.54) is 0 Å². The average Bonchev–Trinajstić information content (AvgIpc) is 2.67. The van der Waals surface area contributed by atoms with E-state index in [4.69, 9.17) is 9.47 Å². The number of ether oxygens (including phenoxy) is 2. The highest BCUT2D eigenvalue weighted by Gasteiger charge is 2.12. The number of benzene rings is 2. The second-order valence-electron chi connectivity index (χ2n) is 5.96. The van der Waals surface area contributed by atoms with E-state index in [9.17, 15) is 9.90 Å². The van der Waals surface area contributed by atoms with Crippen LogP contribution >= 0.6 is 0 Å². The molecule has 26 heavy (non-hydrogen) atoms. The fourth-order valence-electron chi connectivity index (χ4n) is 2.62. The first kappa shape index (κ1) is 19.4. The van der Waals surface area contributed by atoms with Crippen molar-refractivity contribution in [3.05, 3.63) is 65.4 Å². The van der Waals surface area contributed by atoms with E-state index < -0.39 is 0 Å². The number of amides is 1. The van der Waals surface area contributed by atoms with Crippen LogP contribution in [0.2, 0.25) is 0 Å². The summed E-state index contributed by atoms with van der Waals surface area (Å²) in [5, 5.41) is 12.3. The third-order valence-corrected chi connectivity index (χ3v) is 4.11. The van der Waals surface area contributed by atoms with Crippen LogP contribution in [-0.4, -0.2) is 31.8 Å². The van der Waals surface area contributed by atoms with Gasteiger partial charge in [-0.3, -0.25) is 4.79 Å². The number of hydrogen-bond donors (Lipinski definition) is 2. The first-order valence-corrected chi connectivity index (χ1v) is 8.49. The molecule has 0 aromatic heterocycles. The molecule has 5 heteroatoms. The number of carbonyl (C=O) groups excluding carboxylic acids is 1. The molecule has 0 saturated heterocycles. The molecule has 2 rings (SSSR count). The number of aryl methyl sites for hydroxylation is 2. The molecule has 0 spiro atoms. The molecule has 0 bridgehead atoms. The Hall–Kier alpha value is -2.95. The summed E-state index contributed by atoms with van der Waals surface area (Å²) < 4.78 is 10.5. The molecular weight excluding hydrogens is 330 g/mol. The van der Waals surface area contributed by atoms with Gasteiger partial charge in [0, 0.05) is 6.54 Å². The van der Waals surface area contributed by atoms with Gasteiger partial charge in [-0.15, -0.1) is 0 Å². The largest absolute Gasteiger partial charge is 0.515 e. The van der Waals surface area contributed by atoms with E-state index in [-0.39, 0.29) is 11.5 Å². The molecule has 0 unspecified atom stereocenters. The van der Waals surface area contributed by atoms with Gasteiger partial charge in [0.2, 0.25) is 0 Å². The first-order chi connectivity index (χ1) is 12.6. The Morgan fingerprint density at radius 3 is 2.38 bits per heavy atom. The minimum Gasteiger partial charge on any atom is -0.515 e. The molecule has 0 atom stereocenters. The molecule has 0 radical (unpaired) electrons. The van der Waals surface area contributed by atoms with Crippen LogP contribution in [0, 0.1) is 6.92 Å². The molecule has 2 N–H and O–H groups in total. The van der Waals surface area contributed by atoms with Crippen LogP contribution in [-0.2, 0) is 11.2 Å². The van der Waals surface area contributed by atoms with Crippen molar-refractivity contribution in [3.8, 4) is 11.5 Å². The lowest BCUT2D eigenvalue weighted by molar-refractivity contribution is -0.115. The lowest BCUT2D eigenvalue weighted by Gasteiger charge is -2.10. The van der Waals surface area contributed by atoms with Crippen molar-refractivity contribution in [1.29, 1.82) is 0 Å². The van der Waals surface area contributed by atoms with Gasteiger partial charge in [-0.2, -0.15) is 0 Å². The van der Waals surface area contributed by atoms with Gasteiger partial charge in [0.15, 0.2) is 11.5 Å². The molecule has 5 nitrogen and oxygen atoms in total. The van der Waals surface area contributed by atoms with Crippen LogP contribution in [0.3, 0.4) is 0 Å². The van der Waals surface area contributed by atoms with E-state index >= 15 is 0 Å². The van der Waals surface area contributed by atoms with Gasteiger partial charge in [-0.05, 0) is 43.0 Å². The molecule has 0 heterocycles. The maximum absolute atomic E-state index is 12.3. The quantitative estimate of drug-likeness (QED) is 0.431. The number of hydrogen-bond acceptors (Lipinski definition) is 4. The Labute approximate surface area is 154 Å². The van der Waals surface area contributed by atoms with Crippen LogP contribution < -0.4 is 14.8 Å². The molecule has 2 aromatic rings. The van der Waals surface area contributed by atoms with Gasteiger partial charge in [0.25, 0.3) is 5.91 Å². The van der Waals surface area contributed by atoms with Crippen molar-refractivity contribution in [3.63, 3.8) is 0 Å². The van der Waals surface area contributed by atoms with Crippen LogP contribution in [0.25, 0.3) is 5.57 Å². The predicted octanol–water partition coefficient (Wildman–Crippen LogP) is 3.66. The number of methoxy groups -OCH3 is 2. The number of rotatable bonds is 8. The molecule has 0 saturated carbocycles. The zero-order chi connectivity index (χ0) is 18.9. The molecule has 0 aliphatic carbocycles. The summed E-state index contributed by atoms with van der Waals surface area (Å²) in [4.78, 5) is 12.3. The maximum atomic E-state index is 12.3. The highest BCUT2D eigenvalue weighted by Crippen LogP contribution is 2.27. The molecule has 0 aliphatic rings. The predicted molar refractivity (Wildman–Crippen MR) is 103 cm³/mol. The van der Waals surface area contributed by atoms with Crippen molar-refractivity contribution < 1.29 is 19.4 Å². The van der Waals surface area contributed by atoms with Gasteiger partial charge in [0.1, 0.15) is 0 Å². The van der Waals surface area contributed by atoms with Crippen molar-refractivity contribution in [1.82, 2.24) is 5.32 Å². The third kappa shape index (κ3) is 5.02. The minimum absolute atomic E-state index is 0.260.